The van der Waals surface area contributed by atoms with Gasteiger partial charge in [0.2, 0.25) is 5.91 Å². The Morgan fingerprint density at radius 3 is 2.89 bits per heavy atom. The lowest BCUT2D eigenvalue weighted by molar-refractivity contribution is -0.115. The van der Waals surface area contributed by atoms with Crippen LogP contribution in [0.15, 0.2) is 42.7 Å². The van der Waals surface area contributed by atoms with Crippen LogP contribution in [-0.4, -0.2) is 16.0 Å². The van der Waals surface area contributed by atoms with Crippen molar-refractivity contribution in [2.24, 2.45) is 0 Å². The highest BCUT2D eigenvalue weighted by Gasteiger charge is 2.07. The molecule has 0 aliphatic carbocycles. The van der Waals surface area contributed by atoms with Crippen LogP contribution in [0.5, 0.6) is 5.75 Å². The van der Waals surface area contributed by atoms with E-state index in [1.165, 1.54) is 12.1 Å². The Labute approximate surface area is 109 Å². The summed E-state index contributed by atoms with van der Waals surface area (Å²) in [5.41, 5.74) is 1.30. The second-order valence-electron chi connectivity index (χ2n) is 3.75. The highest BCUT2D eigenvalue weighted by atomic mass is 35.5. The molecule has 1 amide bonds. The summed E-state index contributed by atoms with van der Waals surface area (Å²) in [6.45, 7) is 0. The highest BCUT2D eigenvalue weighted by Crippen LogP contribution is 2.25. The topological polar surface area (TPSA) is 62.2 Å². The van der Waals surface area contributed by atoms with E-state index in [0.717, 1.165) is 5.56 Å². The number of amides is 1. The van der Waals surface area contributed by atoms with Gasteiger partial charge in [-0.2, -0.15) is 0 Å². The summed E-state index contributed by atoms with van der Waals surface area (Å²) in [5, 5.41) is 12.2. The van der Waals surface area contributed by atoms with Gasteiger partial charge in [-0.1, -0.05) is 17.7 Å². The van der Waals surface area contributed by atoms with Crippen molar-refractivity contribution < 1.29 is 9.90 Å². The molecule has 2 aromatic rings. The number of pyridine rings is 1. The van der Waals surface area contributed by atoms with E-state index in [1.807, 2.05) is 6.07 Å². The van der Waals surface area contributed by atoms with Gasteiger partial charge in [0.25, 0.3) is 0 Å². The summed E-state index contributed by atoms with van der Waals surface area (Å²) < 4.78 is 0. The number of nitrogens with zero attached hydrogens (tertiary/aromatic N) is 1. The fourth-order valence-corrected chi connectivity index (χ4v) is 1.71. The number of rotatable bonds is 3. The fraction of sp³-hybridized carbons (Fsp3) is 0.0769. The summed E-state index contributed by atoms with van der Waals surface area (Å²) in [5.74, 6) is -0.124. The lowest BCUT2D eigenvalue weighted by atomic mass is 10.2. The molecule has 0 spiro atoms. The van der Waals surface area contributed by atoms with E-state index in [2.05, 4.69) is 10.3 Å². The maximum Gasteiger partial charge on any atom is 0.228 e. The van der Waals surface area contributed by atoms with Crippen LogP contribution in [0.1, 0.15) is 5.56 Å². The number of halogens is 1. The van der Waals surface area contributed by atoms with Gasteiger partial charge in [-0.05, 0) is 23.8 Å². The van der Waals surface area contributed by atoms with Crippen LogP contribution < -0.4 is 5.32 Å². The number of phenolic OH excluding ortho intramolecular Hbond substituents is 1. The smallest absolute Gasteiger partial charge is 0.228 e. The van der Waals surface area contributed by atoms with Gasteiger partial charge in [-0.15, -0.1) is 0 Å². The van der Waals surface area contributed by atoms with Crippen molar-refractivity contribution >= 4 is 23.2 Å². The predicted octanol–water partition coefficient (Wildman–Crippen LogP) is 2.62. The van der Waals surface area contributed by atoms with Gasteiger partial charge in [-0.3, -0.25) is 9.78 Å². The molecule has 18 heavy (non-hydrogen) atoms. The van der Waals surface area contributed by atoms with E-state index in [0.29, 0.717) is 10.7 Å². The number of phenols is 1. The average molecular weight is 263 g/mol. The average Bonchev–Trinajstić information content (AvgIpc) is 2.34. The van der Waals surface area contributed by atoms with Crippen molar-refractivity contribution in [2.75, 3.05) is 5.32 Å². The van der Waals surface area contributed by atoms with Crippen LogP contribution >= 0.6 is 11.6 Å². The van der Waals surface area contributed by atoms with Crippen LogP contribution in [0.2, 0.25) is 5.02 Å². The summed E-state index contributed by atoms with van der Waals surface area (Å²) in [6, 6.07) is 7.99. The maximum atomic E-state index is 11.8. The largest absolute Gasteiger partial charge is 0.508 e. The highest BCUT2D eigenvalue weighted by molar-refractivity contribution is 6.33. The fourth-order valence-electron chi connectivity index (χ4n) is 1.49. The molecule has 0 aliphatic rings. The van der Waals surface area contributed by atoms with E-state index in [9.17, 15) is 9.90 Å². The van der Waals surface area contributed by atoms with Crippen molar-refractivity contribution in [3.63, 3.8) is 0 Å². The van der Waals surface area contributed by atoms with Crippen LogP contribution in [0.25, 0.3) is 0 Å². The van der Waals surface area contributed by atoms with E-state index >= 15 is 0 Å². The van der Waals surface area contributed by atoms with Crippen LogP contribution in [-0.2, 0) is 11.2 Å². The summed E-state index contributed by atoms with van der Waals surface area (Å²) in [6.07, 6.45) is 3.52. The predicted molar refractivity (Wildman–Crippen MR) is 69.7 cm³/mol. The lowest BCUT2D eigenvalue weighted by Crippen LogP contribution is -2.14. The molecule has 2 N–H and O–H groups in total. The number of benzene rings is 1. The molecule has 0 saturated heterocycles. The molecule has 1 aromatic heterocycles. The molecule has 0 bridgehead atoms. The second kappa shape index (κ2) is 5.51. The molecule has 5 heteroatoms. The normalized spacial score (nSPS) is 10.1. The number of anilines is 1. The number of hydrogen-bond acceptors (Lipinski definition) is 3. The molecule has 0 atom stereocenters. The SMILES string of the molecule is O=C(Cc1cccnc1)Nc1ccc(O)cc1Cl. The standard InChI is InChI=1S/C13H11ClN2O2/c14-11-7-10(17)3-4-12(11)16-13(18)6-9-2-1-5-15-8-9/h1-5,7-8,17H,6H2,(H,16,18). The molecule has 4 nitrogen and oxygen atoms in total. The number of aromatic hydroxyl groups is 1. The van der Waals surface area contributed by atoms with Crippen LogP contribution in [0.3, 0.4) is 0 Å². The summed E-state index contributed by atoms with van der Waals surface area (Å²) >= 11 is 5.89. The van der Waals surface area contributed by atoms with E-state index in [-0.39, 0.29) is 18.1 Å². The van der Waals surface area contributed by atoms with Crippen molar-refractivity contribution in [2.45, 2.75) is 6.42 Å². The Morgan fingerprint density at radius 2 is 2.22 bits per heavy atom. The molecule has 0 fully saturated rings. The lowest BCUT2D eigenvalue weighted by Gasteiger charge is -2.07. The molecule has 0 saturated carbocycles. The molecule has 0 aliphatic heterocycles. The molecular formula is C13H11ClN2O2. The zero-order valence-electron chi connectivity index (χ0n) is 9.43. The van der Waals surface area contributed by atoms with Gasteiger partial charge in [0.05, 0.1) is 17.1 Å². The third-order valence-corrected chi connectivity index (χ3v) is 2.63. The number of hydrogen-bond donors (Lipinski definition) is 2. The van der Waals surface area contributed by atoms with Crippen LogP contribution in [0.4, 0.5) is 5.69 Å². The van der Waals surface area contributed by atoms with Gasteiger partial charge >= 0.3 is 0 Å². The molecule has 0 radical (unpaired) electrons. The van der Waals surface area contributed by atoms with E-state index in [4.69, 9.17) is 11.6 Å². The quantitative estimate of drug-likeness (QED) is 0.836. The van der Waals surface area contributed by atoms with Crippen molar-refractivity contribution in [1.29, 1.82) is 0 Å². The van der Waals surface area contributed by atoms with Gasteiger partial charge in [-0.25, -0.2) is 0 Å². The Balaban J connectivity index is 2.03. The molecular weight excluding hydrogens is 252 g/mol. The van der Waals surface area contributed by atoms with Gasteiger partial charge < -0.3 is 10.4 Å². The first-order valence-electron chi connectivity index (χ1n) is 5.32. The maximum absolute atomic E-state index is 11.8. The number of nitrogens with one attached hydrogen (secondary N) is 1. The van der Waals surface area contributed by atoms with Gasteiger partial charge in [0.1, 0.15) is 5.75 Å². The zero-order valence-corrected chi connectivity index (χ0v) is 10.2. The zero-order chi connectivity index (χ0) is 13.0. The first kappa shape index (κ1) is 12.4. The monoisotopic (exact) mass is 262 g/mol. The Bertz CT molecular complexity index is 558. The summed E-state index contributed by atoms with van der Waals surface area (Å²) in [4.78, 5) is 15.7. The van der Waals surface area contributed by atoms with Crippen molar-refractivity contribution in [3.8, 4) is 5.75 Å². The van der Waals surface area contributed by atoms with Crippen molar-refractivity contribution in [1.82, 2.24) is 4.98 Å². The Hall–Kier alpha value is -2.07. The minimum atomic E-state index is -0.185. The molecule has 92 valence electrons. The first-order valence-corrected chi connectivity index (χ1v) is 5.70. The minimum Gasteiger partial charge on any atom is -0.508 e. The third-order valence-electron chi connectivity index (χ3n) is 2.31. The Kier molecular flexibility index (Phi) is 3.79. The van der Waals surface area contributed by atoms with Gasteiger partial charge in [0.15, 0.2) is 0 Å². The minimum absolute atomic E-state index is 0.0604. The number of aromatic nitrogens is 1. The molecule has 1 heterocycles. The van der Waals surface area contributed by atoms with E-state index < -0.39 is 0 Å². The van der Waals surface area contributed by atoms with E-state index in [1.54, 1.807) is 24.5 Å². The number of carbonyl (C=O) groups excluding carboxylic acids is 1. The van der Waals surface area contributed by atoms with Gasteiger partial charge in [0, 0.05) is 18.5 Å². The number of carbonyl (C=O) groups is 1. The summed E-state index contributed by atoms with van der Waals surface area (Å²) in [7, 11) is 0. The third kappa shape index (κ3) is 3.21. The Morgan fingerprint density at radius 1 is 1.39 bits per heavy atom. The molecule has 1 aromatic carbocycles. The molecule has 0 unspecified atom stereocenters. The molecule has 2 rings (SSSR count). The second-order valence-corrected chi connectivity index (χ2v) is 4.16. The van der Waals surface area contributed by atoms with Crippen molar-refractivity contribution in [3.05, 3.63) is 53.3 Å². The van der Waals surface area contributed by atoms with Crippen LogP contribution in [0, 0.1) is 0 Å². The first-order chi connectivity index (χ1) is 8.65.